The molecule has 0 aliphatic carbocycles. The molecule has 33 heavy (non-hydrogen) atoms. The van der Waals surface area contributed by atoms with Crippen molar-refractivity contribution in [1.29, 1.82) is 5.26 Å². The normalized spacial score (nSPS) is 13.9. The van der Waals surface area contributed by atoms with Crippen LogP contribution in [0.1, 0.15) is 21.5 Å². The number of ether oxygens (including phenoxy) is 1. The van der Waals surface area contributed by atoms with Gasteiger partial charge < -0.3 is 15.0 Å². The Bertz CT molecular complexity index is 1190. The first-order chi connectivity index (χ1) is 16.1. The number of hydrogen-bond donors (Lipinski definition) is 1. The predicted octanol–water partition coefficient (Wildman–Crippen LogP) is 3.68. The Morgan fingerprint density at radius 2 is 1.97 bits per heavy atom. The number of piperazine rings is 1. The number of carbonyl (C=O) groups is 1. The Hall–Kier alpha value is -3.96. The van der Waals surface area contributed by atoms with Crippen molar-refractivity contribution in [2.45, 2.75) is 6.54 Å². The van der Waals surface area contributed by atoms with Crippen LogP contribution in [-0.2, 0) is 6.54 Å². The minimum absolute atomic E-state index is 0.227. The van der Waals surface area contributed by atoms with Gasteiger partial charge in [0.15, 0.2) is 0 Å². The molecular formula is C25H24FN5O2. The van der Waals surface area contributed by atoms with Gasteiger partial charge in [-0.25, -0.2) is 9.37 Å². The fourth-order valence-corrected chi connectivity index (χ4v) is 3.94. The minimum Gasteiger partial charge on any atom is -0.480 e. The zero-order valence-electron chi connectivity index (χ0n) is 18.3. The van der Waals surface area contributed by atoms with Crippen LogP contribution >= 0.6 is 0 Å². The van der Waals surface area contributed by atoms with Gasteiger partial charge in [0.05, 0.1) is 30.1 Å². The van der Waals surface area contributed by atoms with E-state index in [1.165, 1.54) is 13.2 Å². The molecule has 1 fully saturated rings. The molecule has 0 saturated carbocycles. The lowest BCUT2D eigenvalue weighted by atomic mass is 10.1. The summed E-state index contributed by atoms with van der Waals surface area (Å²) in [6, 6.07) is 17.4. The van der Waals surface area contributed by atoms with Crippen LogP contribution in [0.4, 0.5) is 15.8 Å². The lowest BCUT2D eigenvalue weighted by Crippen LogP contribution is -2.46. The van der Waals surface area contributed by atoms with Gasteiger partial charge in [0.2, 0.25) is 5.88 Å². The van der Waals surface area contributed by atoms with E-state index in [0.717, 1.165) is 37.4 Å². The van der Waals surface area contributed by atoms with Crippen LogP contribution in [0.3, 0.4) is 0 Å². The predicted molar refractivity (Wildman–Crippen MR) is 124 cm³/mol. The molecule has 1 saturated heterocycles. The number of rotatable bonds is 6. The lowest BCUT2D eigenvalue weighted by molar-refractivity contribution is 0.102. The van der Waals surface area contributed by atoms with Crippen molar-refractivity contribution in [3.8, 4) is 11.9 Å². The minimum atomic E-state index is -0.360. The second kappa shape index (κ2) is 10.1. The Balaban J connectivity index is 1.49. The van der Waals surface area contributed by atoms with Gasteiger partial charge in [0.25, 0.3) is 5.91 Å². The van der Waals surface area contributed by atoms with E-state index in [2.05, 4.69) is 26.2 Å². The summed E-state index contributed by atoms with van der Waals surface area (Å²) in [5, 5.41) is 12.3. The first-order valence-corrected chi connectivity index (χ1v) is 10.6. The van der Waals surface area contributed by atoms with Crippen LogP contribution in [0.25, 0.3) is 0 Å². The molecule has 0 bridgehead atoms. The highest BCUT2D eigenvalue weighted by atomic mass is 19.1. The first-order valence-electron chi connectivity index (χ1n) is 10.6. The van der Waals surface area contributed by atoms with Gasteiger partial charge in [-0.05, 0) is 48.0 Å². The monoisotopic (exact) mass is 445 g/mol. The summed E-state index contributed by atoms with van der Waals surface area (Å²) in [4.78, 5) is 21.5. The van der Waals surface area contributed by atoms with E-state index in [0.29, 0.717) is 23.4 Å². The summed E-state index contributed by atoms with van der Waals surface area (Å²) in [6.45, 7) is 3.74. The maximum Gasteiger partial charge on any atom is 0.261 e. The van der Waals surface area contributed by atoms with Crippen molar-refractivity contribution in [3.05, 3.63) is 83.3 Å². The molecule has 168 valence electrons. The van der Waals surface area contributed by atoms with Gasteiger partial charge in [-0.2, -0.15) is 5.26 Å². The molecule has 0 atom stereocenters. The van der Waals surface area contributed by atoms with E-state index >= 15 is 0 Å². The van der Waals surface area contributed by atoms with Crippen LogP contribution in [0.2, 0.25) is 0 Å². The van der Waals surface area contributed by atoms with E-state index in [9.17, 15) is 14.4 Å². The molecule has 3 aromatic rings. The quantitative estimate of drug-likeness (QED) is 0.624. The van der Waals surface area contributed by atoms with Gasteiger partial charge in [-0.15, -0.1) is 0 Å². The van der Waals surface area contributed by atoms with Crippen LogP contribution < -0.4 is 15.0 Å². The average Bonchev–Trinajstić information content (AvgIpc) is 2.84. The molecule has 0 radical (unpaired) electrons. The number of nitrogens with zero attached hydrogens (tertiary/aromatic N) is 4. The topological polar surface area (TPSA) is 81.5 Å². The maximum atomic E-state index is 13.5. The molecule has 0 unspecified atom stereocenters. The largest absolute Gasteiger partial charge is 0.480 e. The second-order valence-corrected chi connectivity index (χ2v) is 7.75. The van der Waals surface area contributed by atoms with Crippen molar-refractivity contribution in [3.63, 3.8) is 0 Å². The van der Waals surface area contributed by atoms with Gasteiger partial charge in [-0.3, -0.25) is 9.69 Å². The Morgan fingerprint density at radius 3 is 2.70 bits per heavy atom. The molecule has 1 N–H and O–H groups in total. The second-order valence-electron chi connectivity index (χ2n) is 7.75. The number of hydrogen-bond acceptors (Lipinski definition) is 6. The number of amides is 1. The molecular weight excluding hydrogens is 421 g/mol. The fraction of sp³-hybridized carbons (Fsp3) is 0.240. The standard InChI is InChI=1S/C25H24FN5O2/c1-33-25-21(6-3-9-28-25)24(32)29-22-15-18(16-27)7-8-23(22)31-12-10-30(11-13-31)17-19-4-2-5-20(26)14-19/h2-9,14-15H,10-13,17H2,1H3,(H,29,32). The summed E-state index contributed by atoms with van der Waals surface area (Å²) in [7, 11) is 1.46. The van der Waals surface area contributed by atoms with Crippen molar-refractivity contribution >= 4 is 17.3 Å². The van der Waals surface area contributed by atoms with Gasteiger partial charge >= 0.3 is 0 Å². The summed E-state index contributed by atoms with van der Waals surface area (Å²) >= 11 is 0. The lowest BCUT2D eigenvalue weighted by Gasteiger charge is -2.37. The highest BCUT2D eigenvalue weighted by Crippen LogP contribution is 2.29. The van der Waals surface area contributed by atoms with Gasteiger partial charge in [-0.1, -0.05) is 12.1 Å². The Labute approximate surface area is 192 Å². The third-order valence-corrected chi connectivity index (χ3v) is 5.59. The van der Waals surface area contributed by atoms with Crippen molar-refractivity contribution in [2.24, 2.45) is 0 Å². The first kappa shape index (κ1) is 22.2. The Kier molecular flexibility index (Phi) is 6.81. The number of anilines is 2. The molecule has 1 aromatic heterocycles. The number of methoxy groups -OCH3 is 1. The van der Waals surface area contributed by atoms with Gasteiger partial charge in [0, 0.05) is 38.9 Å². The fourth-order valence-electron chi connectivity index (χ4n) is 3.94. The van der Waals surface area contributed by atoms with E-state index in [-0.39, 0.29) is 17.6 Å². The molecule has 2 heterocycles. The van der Waals surface area contributed by atoms with E-state index in [4.69, 9.17) is 4.74 Å². The third-order valence-electron chi connectivity index (χ3n) is 5.59. The maximum absolute atomic E-state index is 13.5. The molecule has 1 aliphatic heterocycles. The van der Waals surface area contributed by atoms with E-state index in [1.807, 2.05) is 12.1 Å². The van der Waals surface area contributed by atoms with Crippen LogP contribution in [-0.4, -0.2) is 49.1 Å². The number of aromatic nitrogens is 1. The van der Waals surface area contributed by atoms with Crippen LogP contribution in [0, 0.1) is 17.1 Å². The van der Waals surface area contributed by atoms with Gasteiger partial charge in [0.1, 0.15) is 11.4 Å². The molecule has 1 aliphatic rings. The highest BCUT2D eigenvalue weighted by Gasteiger charge is 2.22. The number of nitriles is 1. The molecule has 8 heteroatoms. The van der Waals surface area contributed by atoms with Crippen molar-refractivity contribution in [2.75, 3.05) is 43.5 Å². The number of carbonyl (C=O) groups excluding carboxylic acids is 1. The number of halogens is 1. The van der Waals surface area contributed by atoms with Crippen LogP contribution in [0.5, 0.6) is 5.88 Å². The zero-order valence-corrected chi connectivity index (χ0v) is 18.3. The average molecular weight is 445 g/mol. The van der Waals surface area contributed by atoms with Crippen molar-refractivity contribution < 1.29 is 13.9 Å². The zero-order chi connectivity index (χ0) is 23.2. The SMILES string of the molecule is COc1ncccc1C(=O)Nc1cc(C#N)ccc1N1CCN(Cc2cccc(F)c2)CC1. The van der Waals surface area contributed by atoms with Crippen molar-refractivity contribution in [1.82, 2.24) is 9.88 Å². The molecule has 7 nitrogen and oxygen atoms in total. The Morgan fingerprint density at radius 1 is 1.15 bits per heavy atom. The highest BCUT2D eigenvalue weighted by molar-refractivity contribution is 6.07. The molecule has 0 spiro atoms. The summed E-state index contributed by atoms with van der Waals surface area (Å²) in [6.07, 6.45) is 1.56. The van der Waals surface area contributed by atoms with E-state index in [1.54, 1.807) is 42.6 Å². The summed E-state index contributed by atoms with van der Waals surface area (Å²) < 4.78 is 18.7. The molecule has 1 amide bonds. The number of pyridine rings is 1. The van der Waals surface area contributed by atoms with E-state index < -0.39 is 0 Å². The summed E-state index contributed by atoms with van der Waals surface area (Å²) in [5.74, 6) is -0.352. The summed E-state index contributed by atoms with van der Waals surface area (Å²) in [5.41, 5.74) is 3.12. The number of benzene rings is 2. The smallest absolute Gasteiger partial charge is 0.261 e. The molecule has 4 rings (SSSR count). The third kappa shape index (κ3) is 5.27. The molecule has 2 aromatic carbocycles. The number of nitrogens with one attached hydrogen (secondary N) is 1. The van der Waals surface area contributed by atoms with Crippen LogP contribution in [0.15, 0.2) is 60.8 Å².